The molecule has 4 rings (SSSR count). The van der Waals surface area contributed by atoms with Crippen LogP contribution in [-0.2, 0) is 19.1 Å². The monoisotopic (exact) mass is 494 g/mol. The number of hydrogen-bond donors (Lipinski definition) is 0. The van der Waals surface area contributed by atoms with E-state index in [9.17, 15) is 9.59 Å². The number of piperazine rings is 1. The number of anilines is 1. The number of rotatable bonds is 7. The highest BCUT2D eigenvalue weighted by molar-refractivity contribution is 5.88. The lowest BCUT2D eigenvalue weighted by Crippen LogP contribution is -2.57. The molecule has 0 aliphatic carbocycles. The number of carbonyl (C=O) groups is 2. The van der Waals surface area contributed by atoms with Crippen molar-refractivity contribution in [3.8, 4) is 16.9 Å². The van der Waals surface area contributed by atoms with Gasteiger partial charge in [-0.05, 0) is 54.7 Å². The van der Waals surface area contributed by atoms with E-state index in [1.54, 1.807) is 21.0 Å². The van der Waals surface area contributed by atoms with Crippen molar-refractivity contribution >= 4 is 17.6 Å². The third kappa shape index (κ3) is 5.67. The minimum atomic E-state index is -1.00. The Kier molecular flexibility index (Phi) is 7.59. The molecule has 0 N–H and O–H groups in total. The standard InChI is InChI=1S/C29H38N2O5/c1-19(2)17-25(26-28(33)36-29(4,5)35-26)27(32)31-16-15-30(18-20(31)3)23-11-7-21(8-12-23)22-9-13-24(34-6)14-10-22/h7-14,19-20,25-26H,15-18H2,1-6H3/t20-,25+,26+/m1/s1. The van der Waals surface area contributed by atoms with Crippen LogP contribution in [-0.4, -0.2) is 61.5 Å². The summed E-state index contributed by atoms with van der Waals surface area (Å²) in [6.07, 6.45) is -0.278. The lowest BCUT2D eigenvalue weighted by atomic mass is 9.90. The Morgan fingerprint density at radius 1 is 1.06 bits per heavy atom. The second kappa shape index (κ2) is 10.5. The number of esters is 1. The molecule has 2 aliphatic rings. The van der Waals surface area contributed by atoms with E-state index in [0.717, 1.165) is 35.7 Å². The molecule has 2 aromatic rings. The van der Waals surface area contributed by atoms with Gasteiger partial charge >= 0.3 is 5.97 Å². The maximum Gasteiger partial charge on any atom is 0.338 e. The lowest BCUT2D eigenvalue weighted by molar-refractivity contribution is -0.163. The van der Waals surface area contributed by atoms with Crippen molar-refractivity contribution in [3.63, 3.8) is 0 Å². The highest BCUT2D eigenvalue weighted by atomic mass is 16.8. The van der Waals surface area contributed by atoms with Crippen molar-refractivity contribution < 1.29 is 23.8 Å². The summed E-state index contributed by atoms with van der Waals surface area (Å²) in [5.74, 6) is -0.920. The fraction of sp³-hybridized carbons (Fsp3) is 0.517. The highest BCUT2D eigenvalue weighted by Crippen LogP contribution is 2.33. The molecule has 7 nitrogen and oxygen atoms in total. The van der Waals surface area contributed by atoms with Gasteiger partial charge in [0.15, 0.2) is 6.10 Å². The van der Waals surface area contributed by atoms with Gasteiger partial charge in [0.05, 0.1) is 13.0 Å². The van der Waals surface area contributed by atoms with Gasteiger partial charge in [-0.1, -0.05) is 38.1 Å². The van der Waals surface area contributed by atoms with Crippen molar-refractivity contribution in [1.29, 1.82) is 0 Å². The Morgan fingerprint density at radius 3 is 2.17 bits per heavy atom. The summed E-state index contributed by atoms with van der Waals surface area (Å²) in [5.41, 5.74) is 3.42. The largest absolute Gasteiger partial charge is 0.497 e. The first-order chi connectivity index (χ1) is 17.1. The quantitative estimate of drug-likeness (QED) is 0.518. The molecule has 2 saturated heterocycles. The molecule has 1 amide bonds. The summed E-state index contributed by atoms with van der Waals surface area (Å²) < 4.78 is 16.5. The van der Waals surface area contributed by atoms with Gasteiger partial charge in [-0.15, -0.1) is 0 Å². The molecular weight excluding hydrogens is 456 g/mol. The Labute approximate surface area is 214 Å². The van der Waals surface area contributed by atoms with Gasteiger partial charge in [-0.3, -0.25) is 4.79 Å². The summed E-state index contributed by atoms with van der Waals surface area (Å²) in [7, 11) is 1.67. The molecule has 2 fully saturated rings. The van der Waals surface area contributed by atoms with Crippen molar-refractivity contribution in [3.05, 3.63) is 48.5 Å². The van der Waals surface area contributed by atoms with E-state index in [2.05, 4.69) is 62.1 Å². The van der Waals surface area contributed by atoms with Crippen LogP contribution in [0.25, 0.3) is 11.1 Å². The van der Waals surface area contributed by atoms with Gasteiger partial charge in [0.25, 0.3) is 0 Å². The molecule has 194 valence electrons. The van der Waals surface area contributed by atoms with Gasteiger partial charge in [0.2, 0.25) is 11.7 Å². The number of benzene rings is 2. The Morgan fingerprint density at radius 2 is 1.67 bits per heavy atom. The summed E-state index contributed by atoms with van der Waals surface area (Å²) >= 11 is 0. The van der Waals surface area contributed by atoms with Crippen LogP contribution in [0.4, 0.5) is 5.69 Å². The van der Waals surface area contributed by atoms with Crippen molar-refractivity contribution in [2.45, 2.75) is 59.0 Å². The third-order valence-corrected chi connectivity index (χ3v) is 6.96. The molecule has 2 aromatic carbocycles. The molecule has 7 heteroatoms. The second-order valence-electron chi connectivity index (χ2n) is 10.7. The van der Waals surface area contributed by atoms with Crippen LogP contribution in [0.5, 0.6) is 5.75 Å². The predicted octanol–water partition coefficient (Wildman–Crippen LogP) is 4.74. The first-order valence-corrected chi connectivity index (χ1v) is 12.8. The molecule has 36 heavy (non-hydrogen) atoms. The van der Waals surface area contributed by atoms with Gasteiger partial charge in [-0.25, -0.2) is 4.79 Å². The Bertz CT molecular complexity index is 1060. The van der Waals surface area contributed by atoms with Crippen LogP contribution in [0, 0.1) is 11.8 Å². The molecule has 0 aromatic heterocycles. The SMILES string of the molecule is COc1ccc(-c2ccc(N3CCN(C(=O)[C@@H](CC(C)C)[C@@H]4OC(C)(C)OC4=O)[C@H](C)C3)cc2)cc1. The zero-order valence-corrected chi connectivity index (χ0v) is 22.2. The average molecular weight is 495 g/mol. The smallest absolute Gasteiger partial charge is 0.338 e. The summed E-state index contributed by atoms with van der Waals surface area (Å²) in [6, 6.07) is 16.6. The van der Waals surface area contributed by atoms with E-state index in [1.165, 1.54) is 0 Å². The minimum absolute atomic E-state index is 0.00705. The predicted molar refractivity (Wildman–Crippen MR) is 140 cm³/mol. The van der Waals surface area contributed by atoms with E-state index >= 15 is 0 Å². The van der Waals surface area contributed by atoms with E-state index in [0.29, 0.717) is 13.0 Å². The molecule has 3 atom stereocenters. The fourth-order valence-corrected chi connectivity index (χ4v) is 5.17. The maximum absolute atomic E-state index is 13.7. The van der Waals surface area contributed by atoms with Crippen LogP contribution in [0.1, 0.15) is 41.0 Å². The van der Waals surface area contributed by atoms with Crippen molar-refractivity contribution in [2.75, 3.05) is 31.6 Å². The summed E-state index contributed by atoms with van der Waals surface area (Å²) in [5, 5.41) is 0. The van der Waals surface area contributed by atoms with Crippen LogP contribution in [0.15, 0.2) is 48.5 Å². The molecule has 0 saturated carbocycles. The van der Waals surface area contributed by atoms with Gasteiger partial charge in [-0.2, -0.15) is 0 Å². The number of nitrogens with zero attached hydrogens (tertiary/aromatic N) is 2. The van der Waals surface area contributed by atoms with Gasteiger partial charge < -0.3 is 24.0 Å². The molecular formula is C29H38N2O5. The number of ether oxygens (including phenoxy) is 3. The number of hydrogen-bond acceptors (Lipinski definition) is 6. The number of amides is 1. The number of carbonyl (C=O) groups excluding carboxylic acids is 2. The fourth-order valence-electron chi connectivity index (χ4n) is 5.17. The first kappa shape index (κ1) is 26.0. The molecule has 2 aliphatic heterocycles. The highest BCUT2D eigenvalue weighted by Gasteiger charge is 2.49. The van der Waals surface area contributed by atoms with E-state index in [1.807, 2.05) is 17.0 Å². The molecule has 0 radical (unpaired) electrons. The normalized spacial score (nSPS) is 22.5. The maximum atomic E-state index is 13.7. The van der Waals surface area contributed by atoms with Crippen molar-refractivity contribution in [2.24, 2.45) is 11.8 Å². The van der Waals surface area contributed by atoms with Gasteiger partial charge in [0, 0.05) is 45.2 Å². The molecule has 0 unspecified atom stereocenters. The van der Waals surface area contributed by atoms with Gasteiger partial charge in [0.1, 0.15) is 5.75 Å². The zero-order valence-electron chi connectivity index (χ0n) is 22.2. The number of cyclic esters (lactones) is 1. The Balaban J connectivity index is 1.43. The lowest BCUT2D eigenvalue weighted by Gasteiger charge is -2.42. The van der Waals surface area contributed by atoms with Crippen LogP contribution in [0.3, 0.4) is 0 Å². The molecule has 0 spiro atoms. The van der Waals surface area contributed by atoms with E-state index in [4.69, 9.17) is 14.2 Å². The number of methoxy groups -OCH3 is 1. The van der Waals surface area contributed by atoms with E-state index < -0.39 is 23.8 Å². The summed E-state index contributed by atoms with van der Waals surface area (Å²) in [4.78, 5) is 30.5. The topological polar surface area (TPSA) is 68.3 Å². The van der Waals surface area contributed by atoms with Crippen LogP contribution in [0.2, 0.25) is 0 Å². The second-order valence-corrected chi connectivity index (χ2v) is 10.7. The molecule has 0 bridgehead atoms. The summed E-state index contributed by atoms with van der Waals surface area (Å²) in [6.45, 7) is 11.7. The third-order valence-electron chi connectivity index (χ3n) is 6.96. The van der Waals surface area contributed by atoms with Crippen molar-refractivity contribution in [1.82, 2.24) is 4.90 Å². The van der Waals surface area contributed by atoms with Crippen LogP contribution < -0.4 is 9.64 Å². The first-order valence-electron chi connectivity index (χ1n) is 12.8. The molecule has 2 heterocycles. The average Bonchev–Trinajstić information content (AvgIpc) is 3.13. The van der Waals surface area contributed by atoms with E-state index in [-0.39, 0.29) is 17.9 Å². The zero-order chi connectivity index (χ0) is 26.0. The van der Waals surface area contributed by atoms with Crippen LogP contribution >= 0.6 is 0 Å². The minimum Gasteiger partial charge on any atom is -0.497 e. The Hall–Kier alpha value is -3.06.